The summed E-state index contributed by atoms with van der Waals surface area (Å²) in [5, 5.41) is 0. The van der Waals surface area contributed by atoms with E-state index in [9.17, 15) is 9.59 Å². The number of hydrogen-bond donors (Lipinski definition) is 1. The largest absolute Gasteiger partial charge is 0.366 e. The molecule has 1 aliphatic rings. The number of likely N-dealkylation sites (tertiary alicyclic amines) is 1. The van der Waals surface area contributed by atoms with Crippen LogP contribution < -0.4 is 5.73 Å². The molecule has 0 radical (unpaired) electrons. The van der Waals surface area contributed by atoms with Gasteiger partial charge in [0.05, 0.1) is 0 Å². The van der Waals surface area contributed by atoms with Gasteiger partial charge in [-0.15, -0.1) is 0 Å². The number of aromatic nitrogens is 2. The van der Waals surface area contributed by atoms with Crippen molar-refractivity contribution < 1.29 is 9.59 Å². The van der Waals surface area contributed by atoms with Gasteiger partial charge in [-0.25, -0.2) is 9.97 Å². The fourth-order valence-corrected chi connectivity index (χ4v) is 3.19. The second-order valence-electron chi connectivity index (χ2n) is 6.45. The van der Waals surface area contributed by atoms with Gasteiger partial charge in [0.15, 0.2) is 0 Å². The summed E-state index contributed by atoms with van der Waals surface area (Å²) >= 11 is 0. The predicted octanol–water partition coefficient (Wildman–Crippen LogP) is 2.27. The fourth-order valence-electron chi connectivity index (χ4n) is 3.19. The Morgan fingerprint density at radius 2 is 1.80 bits per heavy atom. The number of nitrogens with zero attached hydrogens (tertiary/aromatic N) is 3. The maximum absolute atomic E-state index is 12.6. The van der Waals surface area contributed by atoms with Gasteiger partial charge >= 0.3 is 0 Å². The third-order valence-electron chi connectivity index (χ3n) is 4.73. The van der Waals surface area contributed by atoms with Crippen molar-refractivity contribution in [3.05, 3.63) is 58.7 Å². The van der Waals surface area contributed by atoms with Gasteiger partial charge in [-0.1, -0.05) is 13.0 Å². The quantitative estimate of drug-likeness (QED) is 0.926. The molecule has 0 aliphatic carbocycles. The molecule has 2 amide bonds. The van der Waals surface area contributed by atoms with Crippen molar-refractivity contribution in [2.45, 2.75) is 32.6 Å². The van der Waals surface area contributed by atoms with E-state index < -0.39 is 5.91 Å². The zero-order valence-corrected chi connectivity index (χ0v) is 14.5. The summed E-state index contributed by atoms with van der Waals surface area (Å²) in [4.78, 5) is 34.8. The monoisotopic (exact) mass is 338 g/mol. The number of aryl methyl sites for hydroxylation is 1. The smallest absolute Gasteiger partial charge is 0.253 e. The Morgan fingerprint density at radius 1 is 1.16 bits per heavy atom. The molecule has 1 aliphatic heterocycles. The summed E-state index contributed by atoms with van der Waals surface area (Å²) in [7, 11) is 0. The van der Waals surface area contributed by atoms with Crippen molar-refractivity contribution in [2.75, 3.05) is 13.1 Å². The molecule has 1 atom stereocenters. The number of hydrogen-bond acceptors (Lipinski definition) is 4. The van der Waals surface area contributed by atoms with E-state index in [2.05, 4.69) is 9.97 Å². The maximum Gasteiger partial charge on any atom is 0.253 e. The number of primary amides is 1. The highest BCUT2D eigenvalue weighted by Crippen LogP contribution is 2.27. The van der Waals surface area contributed by atoms with Crippen LogP contribution in [0.3, 0.4) is 0 Å². The van der Waals surface area contributed by atoms with Crippen LogP contribution in [-0.4, -0.2) is 39.8 Å². The molecule has 3 rings (SSSR count). The van der Waals surface area contributed by atoms with Crippen molar-refractivity contribution in [1.29, 1.82) is 0 Å². The van der Waals surface area contributed by atoms with Crippen molar-refractivity contribution in [1.82, 2.24) is 14.9 Å². The van der Waals surface area contributed by atoms with E-state index in [1.807, 2.05) is 24.8 Å². The summed E-state index contributed by atoms with van der Waals surface area (Å²) in [6.45, 7) is 5.33. The first kappa shape index (κ1) is 17.1. The van der Waals surface area contributed by atoms with E-state index in [4.69, 9.17) is 5.73 Å². The van der Waals surface area contributed by atoms with Crippen LogP contribution in [0.4, 0.5) is 0 Å². The highest BCUT2D eigenvalue weighted by Gasteiger charge is 2.23. The summed E-state index contributed by atoms with van der Waals surface area (Å²) in [5.74, 6) is 0.0143. The zero-order chi connectivity index (χ0) is 18.0. The average molecular weight is 338 g/mol. The molecule has 1 fully saturated rings. The van der Waals surface area contributed by atoms with Gasteiger partial charge in [-0.3, -0.25) is 9.59 Å². The topological polar surface area (TPSA) is 89.2 Å². The summed E-state index contributed by atoms with van der Waals surface area (Å²) in [6.07, 6.45) is 5.55. The molecule has 0 saturated carbocycles. The number of amides is 2. The zero-order valence-electron chi connectivity index (χ0n) is 14.5. The van der Waals surface area contributed by atoms with Gasteiger partial charge < -0.3 is 10.6 Å². The van der Waals surface area contributed by atoms with E-state index in [0.29, 0.717) is 17.0 Å². The third-order valence-corrected chi connectivity index (χ3v) is 4.73. The Kier molecular flexibility index (Phi) is 4.79. The molecule has 6 heteroatoms. The Morgan fingerprint density at radius 3 is 2.40 bits per heavy atom. The van der Waals surface area contributed by atoms with Gasteiger partial charge in [-0.05, 0) is 43.0 Å². The first-order valence-corrected chi connectivity index (χ1v) is 8.49. The van der Waals surface area contributed by atoms with Crippen molar-refractivity contribution in [3.63, 3.8) is 0 Å². The summed E-state index contributed by atoms with van der Waals surface area (Å²) in [5.41, 5.74) is 8.13. The maximum atomic E-state index is 12.6. The normalized spacial score (nSPS) is 15.2. The van der Waals surface area contributed by atoms with Crippen LogP contribution in [0.1, 0.15) is 63.4 Å². The molecule has 2 heterocycles. The SMILES string of the molecule is Cc1ncc([C@H](C)c2ccc(C(=O)N3CCCC3)cc2C(N)=O)cn1. The number of rotatable bonds is 4. The molecular formula is C19H22N4O2. The Bertz CT molecular complexity index is 796. The van der Waals surface area contributed by atoms with Crippen LogP contribution in [0, 0.1) is 6.92 Å². The molecular weight excluding hydrogens is 316 g/mol. The van der Waals surface area contributed by atoms with Crippen LogP contribution in [0.5, 0.6) is 0 Å². The average Bonchev–Trinajstić information content (AvgIpc) is 3.15. The minimum atomic E-state index is -0.536. The first-order valence-electron chi connectivity index (χ1n) is 8.49. The lowest BCUT2D eigenvalue weighted by Gasteiger charge is -2.19. The second-order valence-corrected chi connectivity index (χ2v) is 6.45. The van der Waals surface area contributed by atoms with Gasteiger partial charge in [0.2, 0.25) is 5.91 Å². The van der Waals surface area contributed by atoms with Crippen molar-refractivity contribution in [2.24, 2.45) is 5.73 Å². The Labute approximate surface area is 147 Å². The van der Waals surface area contributed by atoms with E-state index in [-0.39, 0.29) is 11.8 Å². The Balaban J connectivity index is 1.95. The summed E-state index contributed by atoms with van der Waals surface area (Å²) in [6, 6.07) is 5.20. The molecule has 0 spiro atoms. The van der Waals surface area contributed by atoms with Crippen LogP contribution in [-0.2, 0) is 0 Å². The van der Waals surface area contributed by atoms with Crippen molar-refractivity contribution in [3.8, 4) is 0 Å². The molecule has 25 heavy (non-hydrogen) atoms. The Hall–Kier alpha value is -2.76. The molecule has 6 nitrogen and oxygen atoms in total. The molecule has 130 valence electrons. The minimum absolute atomic E-state index is 0.0436. The number of nitrogens with two attached hydrogens (primary N) is 1. The number of benzene rings is 1. The van der Waals surface area contributed by atoms with Gasteiger partial charge in [0.1, 0.15) is 5.82 Å². The molecule has 1 saturated heterocycles. The second kappa shape index (κ2) is 7.01. The molecule has 2 aromatic rings. The third kappa shape index (κ3) is 3.52. The highest BCUT2D eigenvalue weighted by molar-refractivity contribution is 6.00. The van der Waals surface area contributed by atoms with Crippen molar-refractivity contribution >= 4 is 11.8 Å². The lowest BCUT2D eigenvalue weighted by atomic mass is 9.89. The predicted molar refractivity (Wildman–Crippen MR) is 94.4 cm³/mol. The number of carbonyl (C=O) groups excluding carboxylic acids is 2. The molecule has 0 bridgehead atoms. The molecule has 0 unspecified atom stereocenters. The van der Waals surface area contributed by atoms with E-state index in [1.54, 1.807) is 24.5 Å². The van der Waals surface area contributed by atoms with Gasteiger partial charge in [0.25, 0.3) is 5.91 Å². The fraction of sp³-hybridized carbons (Fsp3) is 0.368. The van der Waals surface area contributed by atoms with Gasteiger partial charge in [0, 0.05) is 42.5 Å². The van der Waals surface area contributed by atoms with Crippen LogP contribution in [0.2, 0.25) is 0 Å². The number of carbonyl (C=O) groups is 2. The van der Waals surface area contributed by atoms with Crippen LogP contribution in [0.15, 0.2) is 30.6 Å². The lowest BCUT2D eigenvalue weighted by Crippen LogP contribution is -2.28. The van der Waals surface area contributed by atoms with E-state index in [1.165, 1.54) is 0 Å². The first-order chi connectivity index (χ1) is 12.0. The molecule has 1 aromatic heterocycles. The van der Waals surface area contributed by atoms with E-state index in [0.717, 1.165) is 37.1 Å². The minimum Gasteiger partial charge on any atom is -0.366 e. The summed E-state index contributed by atoms with van der Waals surface area (Å²) < 4.78 is 0. The highest BCUT2D eigenvalue weighted by atomic mass is 16.2. The van der Waals surface area contributed by atoms with Gasteiger partial charge in [-0.2, -0.15) is 0 Å². The molecule has 2 N–H and O–H groups in total. The van der Waals surface area contributed by atoms with Crippen LogP contribution >= 0.6 is 0 Å². The van der Waals surface area contributed by atoms with E-state index >= 15 is 0 Å². The lowest BCUT2D eigenvalue weighted by molar-refractivity contribution is 0.0793. The standard InChI is InChI=1S/C19H22N4O2/c1-12(15-10-21-13(2)22-11-15)16-6-5-14(9-17(16)18(20)24)19(25)23-7-3-4-8-23/h5-6,9-12H,3-4,7-8H2,1-2H3,(H2,20,24)/t12-/m0/s1. The van der Waals surface area contributed by atoms with Crippen LogP contribution in [0.25, 0.3) is 0 Å². The molecule has 1 aromatic carbocycles.